The Balaban J connectivity index is 1.35. The summed E-state index contributed by atoms with van der Waals surface area (Å²) in [5.41, 5.74) is 1.76. The lowest BCUT2D eigenvalue weighted by Gasteiger charge is -2.57. The molecule has 0 bridgehead atoms. The first-order chi connectivity index (χ1) is 16.6. The molecule has 1 aromatic carbocycles. The van der Waals surface area contributed by atoms with Gasteiger partial charge in [-0.05, 0) is 86.3 Å². The molecular formula is C30H38O5. The second kappa shape index (κ2) is 8.90. The highest BCUT2D eigenvalue weighted by molar-refractivity contribution is 5.94. The summed E-state index contributed by atoms with van der Waals surface area (Å²) >= 11 is 0. The van der Waals surface area contributed by atoms with Gasteiger partial charge < -0.3 is 9.47 Å². The molecule has 1 aromatic rings. The Labute approximate surface area is 208 Å². The smallest absolute Gasteiger partial charge is 0.338 e. The van der Waals surface area contributed by atoms with Crippen LogP contribution in [0.4, 0.5) is 0 Å². The zero-order chi connectivity index (χ0) is 25.0. The summed E-state index contributed by atoms with van der Waals surface area (Å²) in [4.78, 5) is 37.8. The lowest BCUT2D eigenvalue weighted by molar-refractivity contribution is -0.149. The monoisotopic (exact) mass is 478 g/mol. The van der Waals surface area contributed by atoms with Crippen molar-refractivity contribution in [2.75, 3.05) is 0 Å². The molecule has 0 aromatic heterocycles. The first-order valence-corrected chi connectivity index (χ1v) is 13.3. The molecule has 0 N–H and O–H groups in total. The maximum Gasteiger partial charge on any atom is 0.338 e. The Morgan fingerprint density at radius 2 is 1.74 bits per heavy atom. The van der Waals surface area contributed by atoms with E-state index in [9.17, 15) is 14.4 Å². The van der Waals surface area contributed by atoms with Gasteiger partial charge in [-0.2, -0.15) is 0 Å². The van der Waals surface area contributed by atoms with Crippen molar-refractivity contribution in [3.8, 4) is 0 Å². The molecule has 0 aliphatic heterocycles. The highest BCUT2D eigenvalue weighted by Gasteiger charge is 2.62. The molecule has 5 nitrogen and oxygen atoms in total. The van der Waals surface area contributed by atoms with E-state index in [2.05, 4.69) is 13.8 Å². The fourth-order valence-electron chi connectivity index (χ4n) is 8.41. The number of esters is 2. The fourth-order valence-corrected chi connectivity index (χ4v) is 8.41. The summed E-state index contributed by atoms with van der Waals surface area (Å²) in [5, 5.41) is 0. The topological polar surface area (TPSA) is 69.7 Å². The van der Waals surface area contributed by atoms with Gasteiger partial charge in [0.1, 0.15) is 12.2 Å². The van der Waals surface area contributed by atoms with Crippen LogP contribution in [0.2, 0.25) is 0 Å². The second-order valence-electron chi connectivity index (χ2n) is 11.9. The highest BCUT2D eigenvalue weighted by Crippen LogP contribution is 2.66. The zero-order valence-electron chi connectivity index (χ0n) is 21.4. The minimum absolute atomic E-state index is 0.0000334. The van der Waals surface area contributed by atoms with E-state index in [-0.39, 0.29) is 52.6 Å². The van der Waals surface area contributed by atoms with Crippen LogP contribution in [0, 0.1) is 34.5 Å². The largest absolute Gasteiger partial charge is 0.462 e. The number of ketones is 1. The van der Waals surface area contributed by atoms with E-state index in [1.807, 2.05) is 31.2 Å². The van der Waals surface area contributed by atoms with Gasteiger partial charge in [-0.1, -0.05) is 37.6 Å². The zero-order valence-corrected chi connectivity index (χ0v) is 21.4. The van der Waals surface area contributed by atoms with Gasteiger partial charge in [0.15, 0.2) is 5.78 Å². The Bertz CT molecular complexity index is 1040. The average Bonchev–Trinajstić information content (AvgIpc) is 3.17. The summed E-state index contributed by atoms with van der Waals surface area (Å²) in [5.74, 6) is 0.701. The summed E-state index contributed by atoms with van der Waals surface area (Å²) in [7, 11) is 0. The number of rotatable bonds is 4. The standard InChI is InChI=1S/C30H38O5/c1-18(34-28(33)20-8-6-5-7-9-20)23-10-11-24-27-25(13-15-30(23,24)4)29(3)14-12-22(35-19(2)31)16-21(29)17-26(27)32/h5-9,17-18,22-25,27H,10-16H2,1-4H3/t18-,22?,23-,24+,25+,27+,29+,30-/m1/s1. The Hall–Kier alpha value is -2.43. The quantitative estimate of drug-likeness (QED) is 0.502. The number of fused-ring (bicyclic) bond motifs is 5. The van der Waals surface area contributed by atoms with Crippen LogP contribution in [0.5, 0.6) is 0 Å². The van der Waals surface area contributed by atoms with E-state index >= 15 is 0 Å². The first kappa shape index (κ1) is 24.3. The molecule has 188 valence electrons. The Morgan fingerprint density at radius 3 is 2.46 bits per heavy atom. The van der Waals surface area contributed by atoms with Gasteiger partial charge in [0.2, 0.25) is 0 Å². The van der Waals surface area contributed by atoms with Gasteiger partial charge in [-0.25, -0.2) is 4.79 Å². The molecule has 5 rings (SSSR count). The Kier molecular flexibility index (Phi) is 6.17. The molecule has 3 saturated carbocycles. The van der Waals surface area contributed by atoms with Crippen molar-refractivity contribution in [3.63, 3.8) is 0 Å². The third kappa shape index (κ3) is 4.05. The minimum Gasteiger partial charge on any atom is -0.462 e. The molecular weight excluding hydrogens is 440 g/mol. The summed E-state index contributed by atoms with van der Waals surface area (Å²) < 4.78 is 11.5. The van der Waals surface area contributed by atoms with E-state index in [0.717, 1.165) is 38.5 Å². The van der Waals surface area contributed by atoms with Crippen molar-refractivity contribution in [1.29, 1.82) is 0 Å². The predicted octanol–water partition coefficient (Wildman–Crippen LogP) is 5.92. The van der Waals surface area contributed by atoms with Gasteiger partial charge >= 0.3 is 11.9 Å². The third-order valence-corrected chi connectivity index (χ3v) is 10.2. The van der Waals surface area contributed by atoms with Crippen molar-refractivity contribution in [1.82, 2.24) is 0 Å². The van der Waals surface area contributed by atoms with Crippen LogP contribution in [-0.4, -0.2) is 29.9 Å². The molecule has 5 heteroatoms. The molecule has 3 fully saturated rings. The molecule has 4 aliphatic rings. The van der Waals surface area contributed by atoms with Crippen LogP contribution in [0.15, 0.2) is 42.0 Å². The molecule has 0 spiro atoms. The molecule has 4 aliphatic carbocycles. The van der Waals surface area contributed by atoms with Crippen LogP contribution in [0.25, 0.3) is 0 Å². The number of carbonyl (C=O) groups is 3. The maximum atomic E-state index is 13.6. The van der Waals surface area contributed by atoms with Crippen LogP contribution in [-0.2, 0) is 19.1 Å². The molecule has 0 saturated heterocycles. The maximum absolute atomic E-state index is 13.6. The molecule has 35 heavy (non-hydrogen) atoms. The van der Waals surface area contributed by atoms with Gasteiger partial charge in [0.05, 0.1) is 5.56 Å². The van der Waals surface area contributed by atoms with Gasteiger partial charge in [-0.3, -0.25) is 9.59 Å². The minimum atomic E-state index is -0.266. The number of hydrogen-bond donors (Lipinski definition) is 0. The fraction of sp³-hybridized carbons (Fsp3) is 0.633. The SMILES string of the molecule is CC(=O)OC1CC[C@@]2(C)C(=CC(=O)[C@H]3[C@@H]4CC[C@H]([C@@H](C)OC(=O)c5ccccc5)[C@@]4(C)CC[C@@H]32)C1. The first-order valence-electron chi connectivity index (χ1n) is 13.3. The molecule has 0 amide bonds. The molecule has 0 radical (unpaired) electrons. The molecule has 1 unspecified atom stereocenters. The Morgan fingerprint density at radius 1 is 1.00 bits per heavy atom. The van der Waals surface area contributed by atoms with E-state index in [1.165, 1.54) is 12.5 Å². The number of ether oxygens (including phenoxy) is 2. The number of benzene rings is 1. The molecule has 0 heterocycles. The van der Waals surface area contributed by atoms with E-state index < -0.39 is 0 Å². The summed E-state index contributed by atoms with van der Waals surface area (Å²) in [6, 6.07) is 9.19. The highest BCUT2D eigenvalue weighted by atomic mass is 16.5. The lowest BCUT2D eigenvalue weighted by atomic mass is 9.47. The van der Waals surface area contributed by atoms with Crippen molar-refractivity contribution < 1.29 is 23.9 Å². The lowest BCUT2D eigenvalue weighted by Crippen LogP contribution is -2.54. The van der Waals surface area contributed by atoms with Gasteiger partial charge in [0.25, 0.3) is 0 Å². The number of carbonyl (C=O) groups excluding carboxylic acids is 3. The summed E-state index contributed by atoms with van der Waals surface area (Å²) in [6.07, 6.45) is 8.20. The van der Waals surface area contributed by atoms with Crippen molar-refractivity contribution in [3.05, 3.63) is 47.5 Å². The predicted molar refractivity (Wildman–Crippen MR) is 132 cm³/mol. The van der Waals surface area contributed by atoms with Crippen LogP contribution >= 0.6 is 0 Å². The van der Waals surface area contributed by atoms with Crippen LogP contribution in [0.1, 0.15) is 83.0 Å². The van der Waals surface area contributed by atoms with Gasteiger partial charge in [-0.15, -0.1) is 0 Å². The molecule has 8 atom stereocenters. The van der Waals surface area contributed by atoms with E-state index in [1.54, 1.807) is 12.1 Å². The van der Waals surface area contributed by atoms with Crippen molar-refractivity contribution in [2.24, 2.45) is 34.5 Å². The van der Waals surface area contributed by atoms with Gasteiger partial charge in [0, 0.05) is 25.2 Å². The van der Waals surface area contributed by atoms with E-state index in [4.69, 9.17) is 9.47 Å². The van der Waals surface area contributed by atoms with Crippen molar-refractivity contribution >= 4 is 17.7 Å². The van der Waals surface area contributed by atoms with Crippen LogP contribution in [0.3, 0.4) is 0 Å². The number of hydrogen-bond acceptors (Lipinski definition) is 5. The average molecular weight is 479 g/mol. The number of allylic oxidation sites excluding steroid dienone is 1. The third-order valence-electron chi connectivity index (χ3n) is 10.2. The summed E-state index contributed by atoms with van der Waals surface area (Å²) in [6.45, 7) is 8.17. The van der Waals surface area contributed by atoms with E-state index in [0.29, 0.717) is 23.8 Å². The van der Waals surface area contributed by atoms with Crippen molar-refractivity contribution in [2.45, 2.75) is 84.8 Å². The normalized spacial score (nSPS) is 38.9. The second-order valence-corrected chi connectivity index (χ2v) is 11.9. The van der Waals surface area contributed by atoms with Crippen LogP contribution < -0.4 is 0 Å².